The van der Waals surface area contributed by atoms with Crippen molar-refractivity contribution in [3.63, 3.8) is 0 Å². The average molecular weight is 384 g/mol. The minimum atomic E-state index is -0.361. The van der Waals surface area contributed by atoms with Gasteiger partial charge in [0.25, 0.3) is 5.91 Å². The van der Waals surface area contributed by atoms with Crippen LogP contribution >= 0.6 is 11.3 Å². The molecule has 140 valence electrons. The van der Waals surface area contributed by atoms with Gasteiger partial charge in [-0.15, -0.1) is 11.3 Å². The summed E-state index contributed by atoms with van der Waals surface area (Å²) in [6.45, 7) is 3.16. The smallest absolute Gasteiger partial charge is 0.264 e. The first kappa shape index (κ1) is 17.9. The first-order valence-corrected chi connectivity index (χ1v) is 10.1. The second kappa shape index (κ2) is 7.62. The molecule has 2 fully saturated rings. The number of hydrogen-bond acceptors (Lipinski definition) is 4. The average Bonchev–Trinajstić information content (AvgIpc) is 3.33. The van der Waals surface area contributed by atoms with E-state index in [1.807, 2.05) is 52.7 Å². The Balaban J connectivity index is 1.34. The van der Waals surface area contributed by atoms with E-state index in [0.717, 1.165) is 23.5 Å². The van der Waals surface area contributed by atoms with E-state index in [9.17, 15) is 14.4 Å². The fourth-order valence-electron chi connectivity index (χ4n) is 3.76. The molecule has 0 unspecified atom stereocenters. The molecule has 2 aromatic rings. The van der Waals surface area contributed by atoms with Gasteiger partial charge in [-0.1, -0.05) is 36.4 Å². The van der Waals surface area contributed by atoms with Gasteiger partial charge in [0, 0.05) is 6.42 Å². The first-order valence-electron chi connectivity index (χ1n) is 9.19. The molecule has 0 spiro atoms. The molecule has 27 heavy (non-hydrogen) atoms. The fraction of sp³-hybridized carbons (Fsp3) is 0.350. The second-order valence-corrected chi connectivity index (χ2v) is 7.95. The normalized spacial score (nSPS) is 21.1. The molecule has 0 saturated carbocycles. The van der Waals surface area contributed by atoms with E-state index in [1.54, 1.807) is 0 Å². The van der Waals surface area contributed by atoms with Crippen molar-refractivity contribution in [1.82, 2.24) is 9.80 Å². The summed E-state index contributed by atoms with van der Waals surface area (Å²) in [5, 5.41) is 1.91. The van der Waals surface area contributed by atoms with Gasteiger partial charge in [0.1, 0.15) is 0 Å². The lowest BCUT2D eigenvalue weighted by Crippen LogP contribution is -3.16. The summed E-state index contributed by atoms with van der Waals surface area (Å²) >= 11 is 1.45. The predicted molar refractivity (Wildman–Crippen MR) is 101 cm³/mol. The van der Waals surface area contributed by atoms with Crippen LogP contribution in [0.1, 0.15) is 27.6 Å². The van der Waals surface area contributed by atoms with E-state index in [0.29, 0.717) is 19.8 Å². The van der Waals surface area contributed by atoms with Gasteiger partial charge in [-0.25, -0.2) is 4.90 Å². The Morgan fingerprint density at radius 3 is 2.48 bits per heavy atom. The number of nitrogens with zero attached hydrogens (tertiary/aromatic N) is 2. The SMILES string of the molecule is O=C(c1cccs1)N1CC[NH+](CN2C(=O)C[C@@H](c3ccccc3)C2=O)CC1. The van der Waals surface area contributed by atoms with Gasteiger partial charge in [0.05, 0.1) is 37.0 Å². The van der Waals surface area contributed by atoms with Crippen LogP contribution in [0.2, 0.25) is 0 Å². The summed E-state index contributed by atoms with van der Waals surface area (Å²) in [5.74, 6) is -0.490. The van der Waals surface area contributed by atoms with E-state index in [-0.39, 0.29) is 30.1 Å². The zero-order valence-electron chi connectivity index (χ0n) is 15.0. The second-order valence-electron chi connectivity index (χ2n) is 7.01. The van der Waals surface area contributed by atoms with Crippen molar-refractivity contribution in [3.05, 3.63) is 58.3 Å². The molecular weight excluding hydrogens is 362 g/mol. The molecule has 1 aromatic carbocycles. The number of carbonyl (C=O) groups excluding carboxylic acids is 3. The third-order valence-corrected chi connectivity index (χ3v) is 6.18. The highest BCUT2D eigenvalue weighted by Crippen LogP contribution is 2.28. The number of amides is 3. The Morgan fingerprint density at radius 2 is 1.81 bits per heavy atom. The van der Waals surface area contributed by atoms with Gasteiger partial charge >= 0.3 is 0 Å². The van der Waals surface area contributed by atoms with E-state index in [1.165, 1.54) is 21.1 Å². The topological polar surface area (TPSA) is 62.1 Å². The van der Waals surface area contributed by atoms with Crippen LogP contribution in [0.3, 0.4) is 0 Å². The highest BCUT2D eigenvalue weighted by atomic mass is 32.1. The molecular formula is C20H22N3O3S+. The van der Waals surface area contributed by atoms with E-state index in [2.05, 4.69) is 0 Å². The summed E-state index contributed by atoms with van der Waals surface area (Å²) < 4.78 is 0. The number of piperazine rings is 1. The maximum absolute atomic E-state index is 12.7. The van der Waals surface area contributed by atoms with Crippen molar-refractivity contribution in [2.45, 2.75) is 12.3 Å². The number of thiophene rings is 1. The van der Waals surface area contributed by atoms with Crippen molar-refractivity contribution in [1.29, 1.82) is 0 Å². The molecule has 0 bridgehead atoms. The molecule has 3 heterocycles. The summed E-state index contributed by atoms with van der Waals surface area (Å²) in [6, 6.07) is 13.2. The summed E-state index contributed by atoms with van der Waals surface area (Å²) in [7, 11) is 0. The Hall–Kier alpha value is -2.51. The van der Waals surface area contributed by atoms with Crippen molar-refractivity contribution in [2.75, 3.05) is 32.8 Å². The van der Waals surface area contributed by atoms with E-state index < -0.39 is 0 Å². The Labute approximate surface area is 162 Å². The largest absolute Gasteiger partial charge is 0.327 e. The molecule has 4 rings (SSSR count). The highest BCUT2D eigenvalue weighted by Gasteiger charge is 2.41. The quantitative estimate of drug-likeness (QED) is 0.785. The summed E-state index contributed by atoms with van der Waals surface area (Å²) in [4.78, 5) is 42.8. The Bertz CT molecular complexity index is 829. The molecule has 7 heteroatoms. The number of likely N-dealkylation sites (tertiary alicyclic amines) is 1. The molecule has 2 aliphatic rings. The third-order valence-electron chi connectivity index (χ3n) is 5.32. The van der Waals surface area contributed by atoms with Crippen molar-refractivity contribution in [2.24, 2.45) is 0 Å². The van der Waals surface area contributed by atoms with Crippen LogP contribution in [0.25, 0.3) is 0 Å². The number of quaternary nitrogens is 1. The molecule has 6 nitrogen and oxygen atoms in total. The lowest BCUT2D eigenvalue weighted by Gasteiger charge is -2.33. The van der Waals surface area contributed by atoms with Crippen LogP contribution < -0.4 is 4.90 Å². The fourth-order valence-corrected chi connectivity index (χ4v) is 4.45. The van der Waals surface area contributed by atoms with Crippen LogP contribution in [0, 0.1) is 0 Å². The Kier molecular flexibility index (Phi) is 5.05. The highest BCUT2D eigenvalue weighted by molar-refractivity contribution is 7.12. The van der Waals surface area contributed by atoms with Crippen molar-refractivity contribution in [3.8, 4) is 0 Å². The van der Waals surface area contributed by atoms with Crippen LogP contribution in [0.4, 0.5) is 0 Å². The maximum atomic E-state index is 12.7. The molecule has 1 aromatic heterocycles. The van der Waals surface area contributed by atoms with Gasteiger partial charge in [-0.05, 0) is 17.0 Å². The van der Waals surface area contributed by atoms with Gasteiger partial charge in [-0.3, -0.25) is 14.4 Å². The number of benzene rings is 1. The monoisotopic (exact) mass is 384 g/mol. The number of nitrogens with one attached hydrogen (secondary N) is 1. The van der Waals surface area contributed by atoms with Gasteiger partial charge < -0.3 is 9.80 Å². The number of rotatable bonds is 4. The maximum Gasteiger partial charge on any atom is 0.264 e. The standard InChI is InChI=1S/C20H21N3O3S/c24-18-13-16(15-5-2-1-3-6-15)19(25)23(18)14-21-8-10-22(11-9-21)20(26)17-7-4-12-27-17/h1-7,12,16H,8-11,13-14H2/p+1/t16-/m0/s1. The van der Waals surface area contributed by atoms with Crippen molar-refractivity contribution < 1.29 is 19.3 Å². The first-order chi connectivity index (χ1) is 13.1. The van der Waals surface area contributed by atoms with E-state index in [4.69, 9.17) is 0 Å². The molecule has 3 amide bonds. The van der Waals surface area contributed by atoms with Crippen LogP contribution in [0.5, 0.6) is 0 Å². The zero-order valence-corrected chi connectivity index (χ0v) is 15.8. The minimum Gasteiger partial charge on any atom is -0.327 e. The molecule has 0 aliphatic carbocycles. The van der Waals surface area contributed by atoms with E-state index >= 15 is 0 Å². The Morgan fingerprint density at radius 1 is 1.07 bits per heavy atom. The van der Waals surface area contributed by atoms with Crippen molar-refractivity contribution >= 4 is 29.1 Å². The molecule has 1 atom stereocenters. The lowest BCUT2D eigenvalue weighted by molar-refractivity contribution is -0.911. The molecule has 1 N–H and O–H groups in total. The summed E-state index contributed by atoms with van der Waals surface area (Å²) in [6.07, 6.45) is 0.249. The third kappa shape index (κ3) is 3.65. The molecule has 2 saturated heterocycles. The number of imide groups is 1. The lowest BCUT2D eigenvalue weighted by atomic mass is 9.98. The zero-order chi connectivity index (χ0) is 18.8. The van der Waals surface area contributed by atoms with Crippen LogP contribution in [-0.4, -0.2) is 60.4 Å². The van der Waals surface area contributed by atoms with Crippen LogP contribution in [0.15, 0.2) is 47.8 Å². The molecule has 2 aliphatic heterocycles. The number of carbonyl (C=O) groups is 3. The predicted octanol–water partition coefficient (Wildman–Crippen LogP) is 0.589. The van der Waals surface area contributed by atoms with Crippen LogP contribution in [-0.2, 0) is 9.59 Å². The summed E-state index contributed by atoms with van der Waals surface area (Å²) in [5.41, 5.74) is 0.903. The number of hydrogen-bond donors (Lipinski definition) is 1. The minimum absolute atomic E-state index is 0.0708. The van der Waals surface area contributed by atoms with Gasteiger partial charge in [0.2, 0.25) is 11.8 Å². The molecule has 0 radical (unpaired) electrons. The van der Waals surface area contributed by atoms with Gasteiger partial charge in [-0.2, -0.15) is 0 Å². The van der Waals surface area contributed by atoms with Gasteiger partial charge in [0.15, 0.2) is 6.67 Å².